The van der Waals surface area contributed by atoms with Crippen LogP contribution in [0, 0.1) is 6.92 Å². The predicted molar refractivity (Wildman–Crippen MR) is 123 cm³/mol. The summed E-state index contributed by atoms with van der Waals surface area (Å²) in [5.74, 6) is 0.481. The molecule has 0 saturated heterocycles. The standard InChI is InChI=1S/C25H24N4O4/c1-16-7-9-19(10-8-16)25-29-27-23(33-25)14-13-22(30)26-28-24(31)17(2)32-21-12-11-18-5-3-4-6-20(18)15-21/h3-12,15,17H,13-14H2,1-2H3,(H,26,30)(H,28,31). The maximum absolute atomic E-state index is 12.3. The number of aryl methyl sites for hydroxylation is 2. The Bertz CT molecular complexity index is 1270. The zero-order valence-corrected chi connectivity index (χ0v) is 18.4. The maximum Gasteiger partial charge on any atom is 0.279 e. The average Bonchev–Trinajstić information content (AvgIpc) is 3.30. The van der Waals surface area contributed by atoms with Gasteiger partial charge in [-0.25, -0.2) is 0 Å². The number of ether oxygens (including phenoxy) is 1. The van der Waals surface area contributed by atoms with Crippen molar-refractivity contribution in [3.63, 3.8) is 0 Å². The van der Waals surface area contributed by atoms with Crippen LogP contribution in [0.1, 0.15) is 24.8 Å². The monoisotopic (exact) mass is 444 g/mol. The molecule has 3 aromatic carbocycles. The summed E-state index contributed by atoms with van der Waals surface area (Å²) in [5.41, 5.74) is 6.72. The molecule has 4 aromatic rings. The molecule has 0 radical (unpaired) electrons. The van der Waals surface area contributed by atoms with Crippen LogP contribution in [0.15, 0.2) is 71.1 Å². The number of amides is 2. The number of carbonyl (C=O) groups is 2. The first-order valence-electron chi connectivity index (χ1n) is 10.6. The minimum absolute atomic E-state index is 0.0791. The Labute approximate surface area is 190 Å². The summed E-state index contributed by atoms with van der Waals surface area (Å²) in [4.78, 5) is 24.4. The summed E-state index contributed by atoms with van der Waals surface area (Å²) in [5, 5.41) is 10.1. The van der Waals surface area contributed by atoms with E-state index in [2.05, 4.69) is 21.0 Å². The summed E-state index contributed by atoms with van der Waals surface area (Å²) in [6.45, 7) is 3.61. The van der Waals surface area contributed by atoms with Gasteiger partial charge in [-0.2, -0.15) is 0 Å². The molecule has 1 heterocycles. The Balaban J connectivity index is 1.22. The molecule has 0 aliphatic heterocycles. The molecule has 168 valence electrons. The Morgan fingerprint density at radius 2 is 1.73 bits per heavy atom. The van der Waals surface area contributed by atoms with Gasteiger partial charge >= 0.3 is 0 Å². The summed E-state index contributed by atoms with van der Waals surface area (Å²) >= 11 is 0. The van der Waals surface area contributed by atoms with Crippen LogP contribution in [0.3, 0.4) is 0 Å². The number of nitrogens with zero attached hydrogens (tertiary/aromatic N) is 2. The normalized spacial score (nSPS) is 11.7. The van der Waals surface area contributed by atoms with Gasteiger partial charge in [-0.05, 0) is 48.9 Å². The van der Waals surface area contributed by atoms with Crippen molar-refractivity contribution in [3.8, 4) is 17.2 Å². The molecule has 1 unspecified atom stereocenters. The minimum atomic E-state index is -0.792. The highest BCUT2D eigenvalue weighted by Crippen LogP contribution is 2.21. The van der Waals surface area contributed by atoms with Crippen LogP contribution in [0.5, 0.6) is 5.75 Å². The molecule has 1 atom stereocenters. The lowest BCUT2D eigenvalue weighted by atomic mass is 10.1. The second-order valence-corrected chi connectivity index (χ2v) is 7.67. The number of aromatic nitrogens is 2. The van der Waals surface area contributed by atoms with Crippen molar-refractivity contribution >= 4 is 22.6 Å². The number of hydrogen-bond acceptors (Lipinski definition) is 6. The Kier molecular flexibility index (Phi) is 6.64. The molecule has 0 spiro atoms. The van der Waals surface area contributed by atoms with Crippen LogP contribution >= 0.6 is 0 Å². The van der Waals surface area contributed by atoms with E-state index in [1.54, 1.807) is 13.0 Å². The van der Waals surface area contributed by atoms with Gasteiger partial charge in [0.2, 0.25) is 17.7 Å². The molecule has 0 bridgehead atoms. The number of carbonyl (C=O) groups excluding carboxylic acids is 2. The topological polar surface area (TPSA) is 106 Å². The fourth-order valence-electron chi connectivity index (χ4n) is 3.18. The maximum atomic E-state index is 12.3. The second kappa shape index (κ2) is 9.95. The average molecular weight is 444 g/mol. The lowest BCUT2D eigenvalue weighted by molar-refractivity contribution is -0.132. The van der Waals surface area contributed by atoms with Gasteiger partial charge in [0.25, 0.3) is 5.91 Å². The van der Waals surface area contributed by atoms with Crippen molar-refractivity contribution < 1.29 is 18.7 Å². The molecule has 0 aliphatic rings. The Morgan fingerprint density at radius 1 is 0.970 bits per heavy atom. The number of hydrogen-bond donors (Lipinski definition) is 2. The van der Waals surface area contributed by atoms with Crippen LogP contribution < -0.4 is 15.6 Å². The number of benzene rings is 3. The molecular weight excluding hydrogens is 420 g/mol. The second-order valence-electron chi connectivity index (χ2n) is 7.67. The largest absolute Gasteiger partial charge is 0.481 e. The van der Waals surface area contributed by atoms with Crippen LogP contribution in [0.2, 0.25) is 0 Å². The van der Waals surface area contributed by atoms with Crippen LogP contribution in [0.4, 0.5) is 0 Å². The van der Waals surface area contributed by atoms with Crippen LogP contribution in [0.25, 0.3) is 22.2 Å². The third kappa shape index (κ3) is 5.74. The van der Waals surface area contributed by atoms with Crippen molar-refractivity contribution in [2.24, 2.45) is 0 Å². The molecule has 8 heteroatoms. The first-order valence-corrected chi connectivity index (χ1v) is 10.6. The van der Waals surface area contributed by atoms with Gasteiger partial charge in [-0.15, -0.1) is 10.2 Å². The van der Waals surface area contributed by atoms with Gasteiger partial charge in [-0.3, -0.25) is 20.4 Å². The summed E-state index contributed by atoms with van der Waals surface area (Å²) in [6.07, 6.45) is -0.459. The molecule has 0 fully saturated rings. The molecule has 1 aromatic heterocycles. The lowest BCUT2D eigenvalue weighted by Gasteiger charge is -2.15. The van der Waals surface area contributed by atoms with Crippen LogP contribution in [-0.4, -0.2) is 28.1 Å². The Morgan fingerprint density at radius 3 is 2.52 bits per heavy atom. The SMILES string of the molecule is Cc1ccc(-c2nnc(CCC(=O)NNC(=O)C(C)Oc3ccc4ccccc4c3)o2)cc1. The van der Waals surface area contributed by atoms with E-state index in [1.807, 2.05) is 67.6 Å². The number of hydrazine groups is 1. The highest BCUT2D eigenvalue weighted by molar-refractivity contribution is 5.85. The van der Waals surface area contributed by atoms with Crippen molar-refractivity contribution in [1.82, 2.24) is 21.0 Å². The van der Waals surface area contributed by atoms with Gasteiger partial charge in [0.05, 0.1) is 0 Å². The van der Waals surface area contributed by atoms with Crippen molar-refractivity contribution in [3.05, 3.63) is 78.2 Å². The third-order valence-electron chi connectivity index (χ3n) is 5.06. The highest BCUT2D eigenvalue weighted by atomic mass is 16.5. The van der Waals surface area contributed by atoms with E-state index in [0.29, 0.717) is 17.5 Å². The summed E-state index contributed by atoms with van der Waals surface area (Å²) in [6, 6.07) is 21.2. The van der Waals surface area contributed by atoms with E-state index in [4.69, 9.17) is 9.15 Å². The molecule has 2 N–H and O–H groups in total. The van der Waals surface area contributed by atoms with Gasteiger partial charge < -0.3 is 9.15 Å². The molecule has 4 rings (SSSR count). The van der Waals surface area contributed by atoms with Crippen molar-refractivity contribution in [1.29, 1.82) is 0 Å². The van der Waals surface area contributed by atoms with Crippen LogP contribution in [-0.2, 0) is 16.0 Å². The van der Waals surface area contributed by atoms with E-state index in [0.717, 1.165) is 21.9 Å². The van der Waals surface area contributed by atoms with E-state index >= 15 is 0 Å². The van der Waals surface area contributed by atoms with Gasteiger partial charge in [-0.1, -0.05) is 48.0 Å². The third-order valence-corrected chi connectivity index (χ3v) is 5.06. The number of nitrogens with one attached hydrogen (secondary N) is 2. The zero-order chi connectivity index (χ0) is 23.2. The number of rotatable bonds is 7. The fourth-order valence-corrected chi connectivity index (χ4v) is 3.18. The smallest absolute Gasteiger partial charge is 0.279 e. The Hall–Kier alpha value is -4.20. The fraction of sp³-hybridized carbons (Fsp3) is 0.200. The quantitative estimate of drug-likeness (QED) is 0.421. The van der Waals surface area contributed by atoms with Crippen molar-refractivity contribution in [2.45, 2.75) is 32.8 Å². The molecule has 8 nitrogen and oxygen atoms in total. The van der Waals surface area contributed by atoms with Gasteiger partial charge in [0.15, 0.2) is 6.10 Å². The van der Waals surface area contributed by atoms with E-state index in [-0.39, 0.29) is 18.7 Å². The first kappa shape index (κ1) is 22.0. The predicted octanol–water partition coefficient (Wildman–Crippen LogP) is 3.75. The lowest BCUT2D eigenvalue weighted by Crippen LogP contribution is -2.47. The molecule has 33 heavy (non-hydrogen) atoms. The molecular formula is C25H24N4O4. The summed E-state index contributed by atoms with van der Waals surface area (Å²) in [7, 11) is 0. The first-order chi connectivity index (χ1) is 16.0. The zero-order valence-electron chi connectivity index (χ0n) is 18.4. The molecule has 0 saturated carbocycles. The summed E-state index contributed by atoms with van der Waals surface area (Å²) < 4.78 is 11.3. The highest BCUT2D eigenvalue weighted by Gasteiger charge is 2.16. The minimum Gasteiger partial charge on any atom is -0.481 e. The van der Waals surface area contributed by atoms with E-state index in [1.165, 1.54) is 0 Å². The number of fused-ring (bicyclic) bond motifs is 1. The van der Waals surface area contributed by atoms with E-state index in [9.17, 15) is 9.59 Å². The molecule has 2 amide bonds. The van der Waals surface area contributed by atoms with Gasteiger partial charge in [0, 0.05) is 18.4 Å². The van der Waals surface area contributed by atoms with Gasteiger partial charge in [0.1, 0.15) is 5.75 Å². The van der Waals surface area contributed by atoms with Crippen molar-refractivity contribution in [2.75, 3.05) is 0 Å². The van der Waals surface area contributed by atoms with E-state index < -0.39 is 12.0 Å². The molecule has 0 aliphatic carbocycles.